The van der Waals surface area contributed by atoms with Gasteiger partial charge in [0.15, 0.2) is 11.2 Å². The molecule has 0 aliphatic rings. The van der Waals surface area contributed by atoms with Crippen molar-refractivity contribution in [2.75, 3.05) is 6.61 Å². The number of ether oxygens (including phenoxy) is 1. The highest BCUT2D eigenvalue weighted by Gasteiger charge is 2.22. The minimum atomic E-state index is -0.322. The number of hydrogen-bond donors (Lipinski definition) is 0. The fraction of sp³-hybridized carbons (Fsp3) is 0.353. The highest BCUT2D eigenvalue weighted by atomic mass is 32.2. The van der Waals surface area contributed by atoms with Crippen molar-refractivity contribution in [3.05, 3.63) is 42.2 Å². The molecular formula is C17H19N5O2S. The van der Waals surface area contributed by atoms with Gasteiger partial charge in [0.05, 0.1) is 13.2 Å². The molecule has 0 fully saturated rings. The van der Waals surface area contributed by atoms with Crippen LogP contribution in [-0.4, -0.2) is 42.8 Å². The van der Waals surface area contributed by atoms with E-state index in [-0.39, 0.29) is 11.2 Å². The zero-order valence-corrected chi connectivity index (χ0v) is 14.9. The van der Waals surface area contributed by atoms with Crippen molar-refractivity contribution >= 4 is 28.9 Å². The molecule has 0 radical (unpaired) electrons. The first-order chi connectivity index (χ1) is 12.2. The van der Waals surface area contributed by atoms with Crippen LogP contribution >= 0.6 is 11.8 Å². The first kappa shape index (κ1) is 17.3. The zero-order valence-electron chi connectivity index (χ0n) is 14.1. The Hall–Kier alpha value is -2.48. The standard InChI is InChI=1S/C17H19N5O2S/c1-3-13(17(23)24-4-2)25-16-14-15(18-11-19-16)22(21-20-14)10-12-8-6-5-7-9-12/h5-9,11,13H,3-4,10H2,1-2H3. The molecule has 1 unspecified atom stereocenters. The summed E-state index contributed by atoms with van der Waals surface area (Å²) in [7, 11) is 0. The Labute approximate surface area is 149 Å². The van der Waals surface area contributed by atoms with Crippen molar-refractivity contribution in [2.45, 2.75) is 37.1 Å². The Bertz CT molecular complexity index is 853. The number of fused-ring (bicyclic) bond motifs is 1. The van der Waals surface area contributed by atoms with E-state index >= 15 is 0 Å². The second-order valence-electron chi connectivity index (χ2n) is 5.35. The van der Waals surface area contributed by atoms with E-state index in [0.29, 0.717) is 35.8 Å². The maximum atomic E-state index is 12.0. The van der Waals surface area contributed by atoms with Gasteiger partial charge in [-0.1, -0.05) is 54.2 Å². The maximum Gasteiger partial charge on any atom is 0.319 e. The normalized spacial score (nSPS) is 12.2. The lowest BCUT2D eigenvalue weighted by molar-refractivity contribution is -0.142. The van der Waals surface area contributed by atoms with Gasteiger partial charge in [0.2, 0.25) is 0 Å². The van der Waals surface area contributed by atoms with Crippen molar-refractivity contribution < 1.29 is 9.53 Å². The molecule has 1 atom stereocenters. The first-order valence-electron chi connectivity index (χ1n) is 8.14. The largest absolute Gasteiger partial charge is 0.465 e. The minimum absolute atomic E-state index is 0.238. The highest BCUT2D eigenvalue weighted by Crippen LogP contribution is 2.29. The number of aromatic nitrogens is 5. The third kappa shape index (κ3) is 3.96. The molecule has 130 valence electrons. The number of nitrogens with zero attached hydrogens (tertiary/aromatic N) is 5. The molecule has 0 amide bonds. The van der Waals surface area contributed by atoms with Gasteiger partial charge >= 0.3 is 5.97 Å². The summed E-state index contributed by atoms with van der Waals surface area (Å²) >= 11 is 1.34. The second kappa shape index (κ2) is 8.06. The Morgan fingerprint density at radius 1 is 1.24 bits per heavy atom. The van der Waals surface area contributed by atoms with Gasteiger partial charge in [0.1, 0.15) is 16.6 Å². The molecule has 0 saturated carbocycles. The van der Waals surface area contributed by atoms with E-state index in [1.54, 1.807) is 11.6 Å². The van der Waals surface area contributed by atoms with E-state index in [2.05, 4.69) is 20.3 Å². The van der Waals surface area contributed by atoms with Gasteiger partial charge in [-0.25, -0.2) is 14.6 Å². The molecule has 1 aromatic carbocycles. The molecule has 0 aliphatic heterocycles. The number of rotatable bonds is 7. The average molecular weight is 357 g/mol. The van der Waals surface area contributed by atoms with Crippen molar-refractivity contribution in [1.29, 1.82) is 0 Å². The Morgan fingerprint density at radius 3 is 2.76 bits per heavy atom. The number of benzene rings is 1. The number of carbonyl (C=O) groups is 1. The van der Waals surface area contributed by atoms with E-state index < -0.39 is 0 Å². The number of thioether (sulfide) groups is 1. The Balaban J connectivity index is 1.87. The summed E-state index contributed by atoms with van der Waals surface area (Å²) in [5, 5.41) is 8.74. The molecule has 8 heteroatoms. The lowest BCUT2D eigenvalue weighted by Crippen LogP contribution is -2.19. The molecule has 0 N–H and O–H groups in total. The van der Waals surface area contributed by atoms with Crippen LogP contribution in [0.3, 0.4) is 0 Å². The molecule has 3 rings (SSSR count). The number of esters is 1. The van der Waals surface area contributed by atoms with Gasteiger partial charge in [-0.15, -0.1) is 5.10 Å². The molecule has 0 saturated heterocycles. The SMILES string of the molecule is CCOC(=O)C(CC)Sc1ncnc2c1nnn2Cc1ccccc1. The molecule has 2 heterocycles. The van der Waals surface area contributed by atoms with Crippen LogP contribution in [0.2, 0.25) is 0 Å². The van der Waals surface area contributed by atoms with Gasteiger partial charge in [-0.3, -0.25) is 4.79 Å². The monoisotopic (exact) mass is 357 g/mol. The van der Waals surface area contributed by atoms with Crippen LogP contribution < -0.4 is 0 Å². The Morgan fingerprint density at radius 2 is 2.04 bits per heavy atom. The van der Waals surface area contributed by atoms with E-state index in [1.165, 1.54) is 18.1 Å². The third-order valence-corrected chi connectivity index (χ3v) is 4.95. The van der Waals surface area contributed by atoms with Gasteiger partial charge in [0.25, 0.3) is 0 Å². The predicted molar refractivity (Wildman–Crippen MR) is 95.2 cm³/mol. The smallest absolute Gasteiger partial charge is 0.319 e. The second-order valence-corrected chi connectivity index (χ2v) is 6.54. The van der Waals surface area contributed by atoms with E-state index in [1.807, 2.05) is 37.3 Å². The van der Waals surface area contributed by atoms with Crippen LogP contribution in [0.4, 0.5) is 0 Å². The summed E-state index contributed by atoms with van der Waals surface area (Å²) in [5.41, 5.74) is 2.37. The van der Waals surface area contributed by atoms with Crippen molar-refractivity contribution in [1.82, 2.24) is 25.0 Å². The average Bonchev–Trinajstić information content (AvgIpc) is 3.04. The lowest BCUT2D eigenvalue weighted by Gasteiger charge is -2.12. The zero-order chi connectivity index (χ0) is 17.6. The van der Waals surface area contributed by atoms with Crippen LogP contribution in [0.5, 0.6) is 0 Å². The van der Waals surface area contributed by atoms with E-state index in [0.717, 1.165) is 5.56 Å². The summed E-state index contributed by atoms with van der Waals surface area (Å²) < 4.78 is 6.86. The molecule has 3 aromatic rings. The molecule has 0 spiro atoms. The van der Waals surface area contributed by atoms with Gasteiger partial charge in [-0.05, 0) is 18.9 Å². The van der Waals surface area contributed by atoms with E-state index in [4.69, 9.17) is 4.74 Å². The van der Waals surface area contributed by atoms with Gasteiger partial charge in [-0.2, -0.15) is 0 Å². The molecule has 0 aliphatic carbocycles. The first-order valence-corrected chi connectivity index (χ1v) is 9.02. The number of hydrogen-bond acceptors (Lipinski definition) is 7. The fourth-order valence-electron chi connectivity index (χ4n) is 2.39. The molecular weight excluding hydrogens is 338 g/mol. The van der Waals surface area contributed by atoms with Gasteiger partial charge < -0.3 is 4.74 Å². The summed E-state index contributed by atoms with van der Waals surface area (Å²) in [5.74, 6) is -0.238. The summed E-state index contributed by atoms with van der Waals surface area (Å²) in [4.78, 5) is 20.6. The van der Waals surface area contributed by atoms with Crippen LogP contribution in [0.25, 0.3) is 11.2 Å². The van der Waals surface area contributed by atoms with E-state index in [9.17, 15) is 4.79 Å². The van der Waals surface area contributed by atoms with Crippen LogP contribution in [0, 0.1) is 0 Å². The van der Waals surface area contributed by atoms with Crippen LogP contribution in [0.15, 0.2) is 41.7 Å². The summed E-state index contributed by atoms with van der Waals surface area (Å²) in [6.07, 6.45) is 2.13. The topological polar surface area (TPSA) is 82.8 Å². The molecule has 2 aromatic heterocycles. The number of carbonyl (C=O) groups excluding carboxylic acids is 1. The Kier molecular flexibility index (Phi) is 5.60. The molecule has 7 nitrogen and oxygen atoms in total. The highest BCUT2D eigenvalue weighted by molar-refractivity contribution is 8.00. The lowest BCUT2D eigenvalue weighted by atomic mass is 10.2. The quantitative estimate of drug-likeness (QED) is 0.365. The van der Waals surface area contributed by atoms with Gasteiger partial charge in [0, 0.05) is 0 Å². The fourth-order valence-corrected chi connectivity index (χ4v) is 3.34. The maximum absolute atomic E-state index is 12.0. The van der Waals surface area contributed by atoms with Crippen molar-refractivity contribution in [2.24, 2.45) is 0 Å². The van der Waals surface area contributed by atoms with Crippen LogP contribution in [0.1, 0.15) is 25.8 Å². The van der Waals surface area contributed by atoms with Crippen molar-refractivity contribution in [3.8, 4) is 0 Å². The minimum Gasteiger partial charge on any atom is -0.465 e. The molecule has 0 bridgehead atoms. The third-order valence-electron chi connectivity index (χ3n) is 3.62. The summed E-state index contributed by atoms with van der Waals surface area (Å²) in [6.45, 7) is 4.68. The summed E-state index contributed by atoms with van der Waals surface area (Å²) in [6, 6.07) is 9.99. The predicted octanol–water partition coefficient (Wildman–Crippen LogP) is 2.70. The molecule has 25 heavy (non-hydrogen) atoms. The van der Waals surface area contributed by atoms with Crippen LogP contribution in [-0.2, 0) is 16.1 Å². The van der Waals surface area contributed by atoms with Crippen molar-refractivity contribution in [3.63, 3.8) is 0 Å².